The highest BCUT2D eigenvalue weighted by Crippen LogP contribution is 2.26. The number of rotatable bonds is 7. The Morgan fingerprint density at radius 1 is 1.24 bits per heavy atom. The molecular weight excluding hydrogens is 427 g/mol. The monoisotopic (exact) mass is 456 g/mol. The topological polar surface area (TPSA) is 50.6 Å². The van der Waals surface area contributed by atoms with Crippen LogP contribution < -0.4 is 10.6 Å². The van der Waals surface area contributed by atoms with Crippen molar-refractivity contribution in [2.75, 3.05) is 32.8 Å². The van der Waals surface area contributed by atoms with Gasteiger partial charge in [0.2, 0.25) is 0 Å². The minimum atomic E-state index is 0. The zero-order valence-corrected chi connectivity index (χ0v) is 17.5. The fourth-order valence-corrected chi connectivity index (χ4v) is 2.95. The van der Waals surface area contributed by atoms with E-state index >= 15 is 0 Å². The first-order valence-electron chi connectivity index (χ1n) is 8.84. The van der Waals surface area contributed by atoms with Crippen molar-refractivity contribution in [3.8, 4) is 0 Å². The quantitative estimate of drug-likeness (QED) is 0.291. The summed E-state index contributed by atoms with van der Waals surface area (Å²) >= 11 is 0. The van der Waals surface area contributed by atoms with Crippen LogP contribution in [0.2, 0.25) is 0 Å². The van der Waals surface area contributed by atoms with E-state index in [0.717, 1.165) is 51.8 Å². The van der Waals surface area contributed by atoms with Crippen LogP contribution in [-0.2, 0) is 11.3 Å². The van der Waals surface area contributed by atoms with Gasteiger partial charge in [-0.25, -0.2) is 0 Å². The van der Waals surface area contributed by atoms with E-state index in [1.807, 2.05) is 0 Å². The van der Waals surface area contributed by atoms with E-state index in [9.17, 15) is 0 Å². The molecule has 1 fully saturated rings. The number of ether oxygens (including phenoxy) is 1. The molecule has 0 radical (unpaired) electrons. The zero-order chi connectivity index (χ0) is 16.8. The average molecular weight is 456 g/mol. The highest BCUT2D eigenvalue weighted by Gasteiger charge is 2.33. The van der Waals surface area contributed by atoms with E-state index in [-0.39, 0.29) is 29.4 Å². The molecule has 2 aromatic rings. The molecule has 1 aliphatic rings. The van der Waals surface area contributed by atoms with Gasteiger partial charge in [-0.05, 0) is 30.9 Å². The highest BCUT2D eigenvalue weighted by atomic mass is 127. The normalized spacial score (nSPS) is 16.2. The maximum absolute atomic E-state index is 5.29. The Balaban J connectivity index is 0.00000225. The molecule has 3 rings (SSSR count). The number of nitrogens with one attached hydrogen (secondary N) is 2. The number of para-hydroxylation sites is 1. The molecule has 6 heteroatoms. The smallest absolute Gasteiger partial charge is 0.191 e. The first kappa shape index (κ1) is 20.0. The first-order valence-corrected chi connectivity index (χ1v) is 8.84. The molecule has 1 aromatic carbocycles. The Bertz CT molecular complexity index is 694. The number of aromatic nitrogens is 1. The van der Waals surface area contributed by atoms with Crippen LogP contribution in [0, 0.1) is 5.41 Å². The van der Waals surface area contributed by atoms with Gasteiger partial charge in [0.05, 0.1) is 19.8 Å². The van der Waals surface area contributed by atoms with Crippen molar-refractivity contribution >= 4 is 40.8 Å². The molecule has 1 aromatic heterocycles. The second-order valence-corrected chi connectivity index (χ2v) is 6.85. The molecule has 2 N–H and O–H groups in total. The van der Waals surface area contributed by atoms with Crippen molar-refractivity contribution in [1.82, 2.24) is 15.2 Å². The summed E-state index contributed by atoms with van der Waals surface area (Å²) < 4.78 is 7.61. The summed E-state index contributed by atoms with van der Waals surface area (Å²) in [6.45, 7) is 9.55. The molecule has 0 spiro atoms. The summed E-state index contributed by atoms with van der Waals surface area (Å²) in [6, 6.07) is 10.7. The Hall–Kier alpha value is -1.28. The van der Waals surface area contributed by atoms with Gasteiger partial charge in [-0.15, -0.1) is 24.0 Å². The van der Waals surface area contributed by atoms with Crippen LogP contribution in [0.5, 0.6) is 0 Å². The van der Waals surface area contributed by atoms with Crippen molar-refractivity contribution in [2.24, 2.45) is 10.4 Å². The van der Waals surface area contributed by atoms with Gasteiger partial charge in [-0.2, -0.15) is 0 Å². The van der Waals surface area contributed by atoms with Crippen molar-refractivity contribution < 1.29 is 4.74 Å². The number of nitrogens with zero attached hydrogens (tertiary/aromatic N) is 2. The van der Waals surface area contributed by atoms with Crippen LogP contribution in [0.4, 0.5) is 0 Å². The van der Waals surface area contributed by atoms with Crippen LogP contribution in [0.3, 0.4) is 0 Å². The fourth-order valence-electron chi connectivity index (χ4n) is 2.95. The lowest BCUT2D eigenvalue weighted by Crippen LogP contribution is -2.44. The Morgan fingerprint density at radius 2 is 2.04 bits per heavy atom. The molecule has 0 unspecified atom stereocenters. The molecular formula is C19H29IN4O. The first-order chi connectivity index (χ1) is 11.7. The summed E-state index contributed by atoms with van der Waals surface area (Å²) in [6.07, 6.45) is 3.23. The number of fused-ring (bicyclic) bond motifs is 1. The number of hydrogen-bond donors (Lipinski definition) is 2. The Morgan fingerprint density at radius 3 is 2.76 bits per heavy atom. The zero-order valence-electron chi connectivity index (χ0n) is 15.1. The van der Waals surface area contributed by atoms with Gasteiger partial charge in [0.15, 0.2) is 5.96 Å². The largest absolute Gasteiger partial charge is 0.380 e. The van der Waals surface area contributed by atoms with E-state index in [1.165, 1.54) is 10.9 Å². The van der Waals surface area contributed by atoms with Crippen LogP contribution in [0.25, 0.3) is 10.9 Å². The lowest BCUT2D eigenvalue weighted by atomic mass is 9.89. The van der Waals surface area contributed by atoms with E-state index in [4.69, 9.17) is 9.73 Å². The Labute approximate surface area is 167 Å². The SMILES string of the molecule is CCNC(=NCC1(C)COC1)NCCCn1ccc2ccccc21.I. The molecule has 25 heavy (non-hydrogen) atoms. The van der Waals surface area contributed by atoms with Gasteiger partial charge >= 0.3 is 0 Å². The molecule has 1 saturated heterocycles. The number of benzene rings is 1. The van der Waals surface area contributed by atoms with Crippen LogP contribution >= 0.6 is 24.0 Å². The van der Waals surface area contributed by atoms with Gasteiger partial charge in [0, 0.05) is 36.8 Å². The fraction of sp³-hybridized carbons (Fsp3) is 0.526. The van der Waals surface area contributed by atoms with Gasteiger partial charge in [-0.3, -0.25) is 4.99 Å². The van der Waals surface area contributed by atoms with E-state index in [2.05, 4.69) is 65.6 Å². The van der Waals surface area contributed by atoms with E-state index in [1.54, 1.807) is 0 Å². The number of aryl methyl sites for hydroxylation is 1. The maximum atomic E-state index is 5.29. The van der Waals surface area contributed by atoms with Crippen molar-refractivity contribution in [3.05, 3.63) is 36.5 Å². The molecule has 138 valence electrons. The second kappa shape index (κ2) is 9.43. The van der Waals surface area contributed by atoms with E-state index < -0.39 is 0 Å². The van der Waals surface area contributed by atoms with Crippen molar-refractivity contribution in [1.29, 1.82) is 0 Å². The molecule has 0 saturated carbocycles. The summed E-state index contributed by atoms with van der Waals surface area (Å²) in [5.41, 5.74) is 1.52. The standard InChI is InChI=1S/C19H28N4O.HI/c1-3-20-18(22-13-19(2)14-24-15-19)21-10-6-11-23-12-9-16-7-4-5-8-17(16)23;/h4-5,7-9,12H,3,6,10-11,13-15H2,1-2H3,(H2,20,21,22);1H. The number of aliphatic imine (C=N–C) groups is 1. The van der Waals surface area contributed by atoms with Crippen LogP contribution in [-0.4, -0.2) is 43.4 Å². The average Bonchev–Trinajstić information content (AvgIpc) is 2.98. The number of guanidine groups is 1. The minimum absolute atomic E-state index is 0. The highest BCUT2D eigenvalue weighted by molar-refractivity contribution is 14.0. The lowest BCUT2D eigenvalue weighted by Gasteiger charge is -2.36. The summed E-state index contributed by atoms with van der Waals surface area (Å²) in [4.78, 5) is 4.70. The predicted octanol–water partition coefficient (Wildman–Crippen LogP) is 3.24. The molecule has 0 atom stereocenters. The predicted molar refractivity (Wildman–Crippen MR) is 115 cm³/mol. The second-order valence-electron chi connectivity index (χ2n) is 6.85. The van der Waals surface area contributed by atoms with Gasteiger partial charge < -0.3 is 19.9 Å². The third-order valence-electron chi connectivity index (χ3n) is 4.41. The van der Waals surface area contributed by atoms with Crippen molar-refractivity contribution in [3.63, 3.8) is 0 Å². The van der Waals surface area contributed by atoms with E-state index in [0.29, 0.717) is 0 Å². The third-order valence-corrected chi connectivity index (χ3v) is 4.41. The van der Waals surface area contributed by atoms with Crippen LogP contribution in [0.1, 0.15) is 20.3 Å². The molecule has 0 amide bonds. The van der Waals surface area contributed by atoms with Gasteiger partial charge in [0.1, 0.15) is 0 Å². The summed E-state index contributed by atoms with van der Waals surface area (Å²) in [5.74, 6) is 0.906. The molecule has 5 nitrogen and oxygen atoms in total. The van der Waals surface area contributed by atoms with Crippen LogP contribution in [0.15, 0.2) is 41.5 Å². The molecule has 0 aliphatic carbocycles. The van der Waals surface area contributed by atoms with Gasteiger partial charge in [0.25, 0.3) is 0 Å². The van der Waals surface area contributed by atoms with Crippen molar-refractivity contribution in [2.45, 2.75) is 26.8 Å². The van der Waals surface area contributed by atoms with Gasteiger partial charge in [-0.1, -0.05) is 25.1 Å². The Kier molecular flexibility index (Phi) is 7.56. The minimum Gasteiger partial charge on any atom is -0.380 e. The molecule has 2 heterocycles. The molecule has 0 bridgehead atoms. The molecule has 1 aliphatic heterocycles. The lowest BCUT2D eigenvalue weighted by molar-refractivity contribution is -0.0945. The third kappa shape index (κ3) is 5.34. The maximum Gasteiger partial charge on any atom is 0.191 e. The number of hydrogen-bond acceptors (Lipinski definition) is 2. The summed E-state index contributed by atoms with van der Waals surface area (Å²) in [5, 5.41) is 8.06. The number of halogens is 1. The summed E-state index contributed by atoms with van der Waals surface area (Å²) in [7, 11) is 0.